The van der Waals surface area contributed by atoms with Crippen LogP contribution in [-0.4, -0.2) is 0 Å². The van der Waals surface area contributed by atoms with E-state index < -0.39 is 11.6 Å². The van der Waals surface area contributed by atoms with Crippen molar-refractivity contribution in [2.45, 2.75) is 96.8 Å². The number of unbranched alkanes of at least 4 members (excludes halogenated alkanes) is 2. The van der Waals surface area contributed by atoms with Crippen molar-refractivity contribution in [1.29, 1.82) is 0 Å². The fourth-order valence-electron chi connectivity index (χ4n) is 5.77. The summed E-state index contributed by atoms with van der Waals surface area (Å²) < 4.78 is 29.4. The monoisotopic (exact) mass is 462 g/mol. The molecule has 0 spiro atoms. The van der Waals surface area contributed by atoms with Crippen LogP contribution < -0.4 is 0 Å². The van der Waals surface area contributed by atoms with Crippen molar-refractivity contribution >= 4 is 10.8 Å². The number of rotatable bonds is 10. The van der Waals surface area contributed by atoms with E-state index in [-0.39, 0.29) is 0 Å². The summed E-state index contributed by atoms with van der Waals surface area (Å²) in [5, 5.41) is 1.20. The summed E-state index contributed by atoms with van der Waals surface area (Å²) in [6.07, 6.45) is 13.4. The van der Waals surface area contributed by atoms with Crippen LogP contribution in [0.1, 0.15) is 99.8 Å². The van der Waals surface area contributed by atoms with Gasteiger partial charge in [0.05, 0.1) is 0 Å². The summed E-state index contributed by atoms with van der Waals surface area (Å²) >= 11 is 0. The van der Waals surface area contributed by atoms with Crippen LogP contribution in [0.25, 0.3) is 10.8 Å². The van der Waals surface area contributed by atoms with E-state index in [1.165, 1.54) is 49.7 Å². The van der Waals surface area contributed by atoms with Gasteiger partial charge >= 0.3 is 0 Å². The molecule has 4 rings (SSSR count). The Labute approximate surface area is 204 Å². The lowest BCUT2D eigenvalue weighted by molar-refractivity contribution is 0.308. The maximum Gasteiger partial charge on any atom is 0.166 e. The van der Waals surface area contributed by atoms with Gasteiger partial charge in [0.25, 0.3) is 0 Å². The Balaban J connectivity index is 1.37. The Bertz CT molecular complexity index is 1060. The molecule has 0 heterocycles. The molecular weight excluding hydrogens is 422 g/mol. The fraction of sp³-hybridized carbons (Fsp3) is 0.500. The quantitative estimate of drug-likeness (QED) is 0.263. The van der Waals surface area contributed by atoms with Crippen molar-refractivity contribution in [3.63, 3.8) is 0 Å². The van der Waals surface area contributed by atoms with Crippen LogP contribution in [0.3, 0.4) is 0 Å². The van der Waals surface area contributed by atoms with Gasteiger partial charge in [-0.2, -0.15) is 0 Å². The lowest BCUT2D eigenvalue weighted by atomic mass is 9.77. The number of hydrogen-bond acceptors (Lipinski definition) is 0. The molecule has 34 heavy (non-hydrogen) atoms. The van der Waals surface area contributed by atoms with E-state index in [2.05, 4.69) is 44.2 Å². The standard InChI is InChI=1S/C32H40F2/c1-3-5-6-8-29-22-28-20-15-25(21-30(28)32(34)31(29)33)10-9-24-13-18-27(19-14-24)26-16-11-23(7-4-2)12-17-26/h13-15,18-23,26H,3-12,16-17H2,1-2H3. The average Bonchev–Trinajstić information content (AvgIpc) is 2.87. The predicted molar refractivity (Wildman–Crippen MR) is 141 cm³/mol. The molecule has 0 aliphatic heterocycles. The Morgan fingerprint density at radius 2 is 1.41 bits per heavy atom. The van der Waals surface area contributed by atoms with Gasteiger partial charge in [-0.15, -0.1) is 0 Å². The Kier molecular flexibility index (Phi) is 8.75. The lowest BCUT2D eigenvalue weighted by Crippen LogP contribution is -2.13. The third kappa shape index (κ3) is 6.06. The molecule has 0 atom stereocenters. The second-order valence-electron chi connectivity index (χ2n) is 10.4. The number of aryl methyl sites for hydroxylation is 3. The van der Waals surface area contributed by atoms with Crippen LogP contribution in [0.2, 0.25) is 0 Å². The molecule has 0 saturated heterocycles. The van der Waals surface area contributed by atoms with Gasteiger partial charge in [0.1, 0.15) is 0 Å². The minimum absolute atomic E-state index is 0.406. The molecular formula is C32H40F2. The van der Waals surface area contributed by atoms with Gasteiger partial charge in [-0.3, -0.25) is 0 Å². The smallest absolute Gasteiger partial charge is 0.166 e. The minimum atomic E-state index is -0.691. The maximum atomic E-state index is 14.8. The van der Waals surface area contributed by atoms with E-state index in [0.29, 0.717) is 23.3 Å². The topological polar surface area (TPSA) is 0 Å². The Morgan fingerprint density at radius 3 is 2.12 bits per heavy atom. The molecule has 0 aromatic heterocycles. The second kappa shape index (κ2) is 12.0. The summed E-state index contributed by atoms with van der Waals surface area (Å²) in [6, 6.07) is 16.8. The maximum absolute atomic E-state index is 14.8. The highest BCUT2D eigenvalue weighted by molar-refractivity contribution is 5.84. The molecule has 3 aromatic carbocycles. The fourth-order valence-corrected chi connectivity index (χ4v) is 5.77. The van der Waals surface area contributed by atoms with Crippen LogP contribution in [0.4, 0.5) is 8.78 Å². The Hall–Kier alpha value is -2.22. The first-order valence-corrected chi connectivity index (χ1v) is 13.6. The molecule has 1 fully saturated rings. The highest BCUT2D eigenvalue weighted by atomic mass is 19.2. The molecule has 0 radical (unpaired) electrons. The van der Waals surface area contributed by atoms with Gasteiger partial charge < -0.3 is 0 Å². The van der Waals surface area contributed by atoms with Gasteiger partial charge in [-0.05, 0) is 103 Å². The van der Waals surface area contributed by atoms with Crippen molar-refractivity contribution in [2.24, 2.45) is 5.92 Å². The van der Waals surface area contributed by atoms with Crippen LogP contribution in [0.15, 0.2) is 48.5 Å². The molecule has 1 aliphatic rings. The van der Waals surface area contributed by atoms with Crippen molar-refractivity contribution in [3.05, 3.63) is 82.4 Å². The van der Waals surface area contributed by atoms with Gasteiger partial charge in [0.15, 0.2) is 11.6 Å². The predicted octanol–water partition coefficient (Wildman–Crippen LogP) is 9.71. The van der Waals surface area contributed by atoms with Gasteiger partial charge in [-0.25, -0.2) is 8.78 Å². The zero-order chi connectivity index (χ0) is 23.9. The van der Waals surface area contributed by atoms with Crippen LogP contribution >= 0.6 is 0 Å². The molecule has 1 saturated carbocycles. The first-order valence-electron chi connectivity index (χ1n) is 13.6. The summed E-state index contributed by atoms with van der Waals surface area (Å²) in [5.41, 5.74) is 4.35. The number of halogens is 2. The van der Waals surface area contributed by atoms with Gasteiger partial charge in [-0.1, -0.05) is 75.9 Å². The van der Waals surface area contributed by atoms with E-state index in [1.54, 1.807) is 0 Å². The number of benzene rings is 3. The molecule has 0 bridgehead atoms. The molecule has 0 nitrogen and oxygen atoms in total. The number of hydrogen-bond donors (Lipinski definition) is 0. The third-order valence-corrected chi connectivity index (χ3v) is 7.91. The van der Waals surface area contributed by atoms with E-state index in [0.717, 1.165) is 49.0 Å². The largest absolute Gasteiger partial charge is 0.203 e. The first kappa shape index (κ1) is 24.9. The molecule has 0 unspecified atom stereocenters. The highest BCUT2D eigenvalue weighted by Crippen LogP contribution is 2.37. The summed E-state index contributed by atoms with van der Waals surface area (Å²) in [7, 11) is 0. The van der Waals surface area contributed by atoms with Gasteiger partial charge in [0, 0.05) is 5.39 Å². The molecule has 0 amide bonds. The normalized spacial score (nSPS) is 18.5. The van der Waals surface area contributed by atoms with E-state index in [9.17, 15) is 8.78 Å². The highest BCUT2D eigenvalue weighted by Gasteiger charge is 2.21. The molecule has 0 N–H and O–H groups in total. The number of fused-ring (bicyclic) bond motifs is 1. The van der Waals surface area contributed by atoms with E-state index in [4.69, 9.17) is 0 Å². The zero-order valence-corrected chi connectivity index (χ0v) is 21.0. The molecule has 182 valence electrons. The molecule has 3 aromatic rings. The van der Waals surface area contributed by atoms with Crippen LogP contribution in [-0.2, 0) is 19.3 Å². The average molecular weight is 463 g/mol. The SMILES string of the molecule is CCCCCc1cc2ccc(CCc3ccc(C4CCC(CCC)CC4)cc3)cc2c(F)c1F. The Morgan fingerprint density at radius 1 is 0.706 bits per heavy atom. The van der Waals surface area contributed by atoms with E-state index >= 15 is 0 Å². The first-order chi connectivity index (χ1) is 16.6. The molecule has 1 aliphatic carbocycles. The van der Waals surface area contributed by atoms with Crippen LogP contribution in [0.5, 0.6) is 0 Å². The zero-order valence-electron chi connectivity index (χ0n) is 21.0. The van der Waals surface area contributed by atoms with E-state index in [1.807, 2.05) is 18.2 Å². The summed E-state index contributed by atoms with van der Waals surface area (Å²) in [4.78, 5) is 0. The minimum Gasteiger partial charge on any atom is -0.203 e. The van der Waals surface area contributed by atoms with Gasteiger partial charge in [0.2, 0.25) is 0 Å². The lowest BCUT2D eigenvalue weighted by Gasteiger charge is -2.28. The summed E-state index contributed by atoms with van der Waals surface area (Å²) in [6.45, 7) is 4.41. The van der Waals surface area contributed by atoms with Crippen molar-refractivity contribution in [2.75, 3.05) is 0 Å². The second-order valence-corrected chi connectivity index (χ2v) is 10.4. The van der Waals surface area contributed by atoms with Crippen molar-refractivity contribution < 1.29 is 8.78 Å². The van der Waals surface area contributed by atoms with Crippen LogP contribution in [0, 0.1) is 17.6 Å². The van der Waals surface area contributed by atoms with Crippen molar-refractivity contribution in [1.82, 2.24) is 0 Å². The third-order valence-electron chi connectivity index (χ3n) is 7.91. The molecule has 2 heteroatoms. The summed E-state index contributed by atoms with van der Waals surface area (Å²) in [5.74, 6) is 0.296. The van der Waals surface area contributed by atoms with Crippen molar-refractivity contribution in [3.8, 4) is 0 Å².